The number of benzene rings is 1. The number of aryl methyl sites for hydroxylation is 1. The van der Waals surface area contributed by atoms with Crippen molar-refractivity contribution in [3.05, 3.63) is 35.2 Å². The van der Waals surface area contributed by atoms with Gasteiger partial charge in [0.2, 0.25) is 0 Å². The lowest BCUT2D eigenvalue weighted by Crippen LogP contribution is -2.47. The van der Waals surface area contributed by atoms with Gasteiger partial charge in [-0.25, -0.2) is 4.79 Å². The summed E-state index contributed by atoms with van der Waals surface area (Å²) in [6.45, 7) is 5.03. The zero-order chi connectivity index (χ0) is 22.1. The molecule has 0 radical (unpaired) electrons. The van der Waals surface area contributed by atoms with Crippen LogP contribution in [-0.4, -0.2) is 44.9 Å². The Morgan fingerprint density at radius 2 is 1.94 bits per heavy atom. The number of H-pyrrole nitrogens is 1. The largest absolute Gasteiger partial charge is 0.497 e. The molecule has 2 N–H and O–H groups in total. The van der Waals surface area contributed by atoms with E-state index >= 15 is 0 Å². The van der Waals surface area contributed by atoms with E-state index in [2.05, 4.69) is 30.2 Å². The number of carbonyl (C=O) groups excluding carboxylic acids is 1. The van der Waals surface area contributed by atoms with Gasteiger partial charge in [-0.1, -0.05) is 13.3 Å². The third-order valence-corrected chi connectivity index (χ3v) is 6.73. The zero-order valence-electron chi connectivity index (χ0n) is 18.9. The monoisotopic (exact) mass is 428 g/mol. The summed E-state index contributed by atoms with van der Waals surface area (Å²) in [7, 11) is 4.73. The maximum absolute atomic E-state index is 12.4. The second-order valence-corrected chi connectivity index (χ2v) is 8.39. The topological polar surface area (TPSA) is 81.8 Å². The van der Waals surface area contributed by atoms with Crippen molar-refractivity contribution in [3.8, 4) is 11.5 Å². The van der Waals surface area contributed by atoms with Crippen molar-refractivity contribution in [3.63, 3.8) is 0 Å². The number of aromatic amines is 1. The van der Waals surface area contributed by atoms with Gasteiger partial charge in [0, 0.05) is 47.1 Å². The summed E-state index contributed by atoms with van der Waals surface area (Å²) in [4.78, 5) is 16.0. The Labute approximate surface area is 183 Å². The molecule has 2 aliphatic heterocycles. The van der Waals surface area contributed by atoms with Crippen molar-refractivity contribution in [2.24, 2.45) is 11.8 Å². The molecule has 4 atom stereocenters. The lowest BCUT2D eigenvalue weighted by atomic mass is 9.74. The van der Waals surface area contributed by atoms with E-state index in [9.17, 15) is 4.79 Å². The van der Waals surface area contributed by atoms with Crippen LogP contribution in [0.5, 0.6) is 11.5 Å². The Morgan fingerprint density at radius 3 is 2.61 bits per heavy atom. The van der Waals surface area contributed by atoms with Crippen LogP contribution in [0.2, 0.25) is 0 Å². The van der Waals surface area contributed by atoms with Gasteiger partial charge in [-0.15, -0.1) is 0 Å². The summed E-state index contributed by atoms with van der Waals surface area (Å²) in [5, 5.41) is 4.86. The van der Waals surface area contributed by atoms with E-state index < -0.39 is 0 Å². The van der Waals surface area contributed by atoms with Crippen molar-refractivity contribution in [2.75, 3.05) is 27.9 Å². The first-order chi connectivity index (χ1) is 15.0. The Kier molecular flexibility index (Phi) is 6.14. The molecule has 1 aromatic heterocycles. The van der Waals surface area contributed by atoms with E-state index in [0.29, 0.717) is 11.3 Å². The minimum atomic E-state index is -0.303. The minimum Gasteiger partial charge on any atom is -0.497 e. The van der Waals surface area contributed by atoms with Gasteiger partial charge < -0.3 is 29.2 Å². The molecule has 2 aliphatic rings. The molecule has 1 fully saturated rings. The molecule has 0 bridgehead atoms. The van der Waals surface area contributed by atoms with Crippen LogP contribution in [0.25, 0.3) is 10.9 Å². The van der Waals surface area contributed by atoms with Crippen molar-refractivity contribution in [1.29, 1.82) is 0 Å². The summed E-state index contributed by atoms with van der Waals surface area (Å²) >= 11 is 0. The summed E-state index contributed by atoms with van der Waals surface area (Å²) < 4.78 is 21.8. The summed E-state index contributed by atoms with van der Waals surface area (Å²) in [6, 6.07) is 4.16. The predicted octanol–water partition coefficient (Wildman–Crippen LogP) is 3.88. The average molecular weight is 429 g/mol. The Morgan fingerprint density at radius 1 is 1.19 bits per heavy atom. The molecule has 0 saturated carbocycles. The second-order valence-electron chi connectivity index (χ2n) is 8.39. The average Bonchev–Trinajstić information content (AvgIpc) is 3.15. The maximum atomic E-state index is 12.4. The van der Waals surface area contributed by atoms with E-state index in [0.717, 1.165) is 42.5 Å². The molecular formula is C24H32N2O5. The molecule has 0 spiro atoms. The van der Waals surface area contributed by atoms with E-state index in [1.165, 1.54) is 18.4 Å². The van der Waals surface area contributed by atoms with Crippen LogP contribution in [0.3, 0.4) is 0 Å². The van der Waals surface area contributed by atoms with Crippen LogP contribution in [0.1, 0.15) is 44.0 Å². The van der Waals surface area contributed by atoms with Crippen LogP contribution in [0.15, 0.2) is 24.0 Å². The number of aromatic nitrogens is 1. The van der Waals surface area contributed by atoms with E-state index in [4.69, 9.17) is 18.9 Å². The van der Waals surface area contributed by atoms with Crippen LogP contribution >= 0.6 is 0 Å². The van der Waals surface area contributed by atoms with Gasteiger partial charge >= 0.3 is 5.97 Å². The molecule has 2 aromatic rings. The van der Waals surface area contributed by atoms with Gasteiger partial charge in [0.25, 0.3) is 0 Å². The molecule has 1 aromatic carbocycles. The highest BCUT2D eigenvalue weighted by atomic mass is 16.5. The van der Waals surface area contributed by atoms with E-state index in [1.54, 1.807) is 20.5 Å². The summed E-state index contributed by atoms with van der Waals surface area (Å²) in [6.07, 6.45) is 4.45. The van der Waals surface area contributed by atoms with Crippen molar-refractivity contribution in [2.45, 2.75) is 45.3 Å². The van der Waals surface area contributed by atoms with Gasteiger partial charge in [0.05, 0.1) is 39.3 Å². The smallest absolute Gasteiger partial charge is 0.337 e. The van der Waals surface area contributed by atoms with Gasteiger partial charge in [-0.3, -0.25) is 0 Å². The SMILES string of the molecule is CCCc1c(C2CC3C(C(=O)OC)=CO[C@@H](C)[C@H]3CN2)[nH]c2cc(OC)c(OC)cc12. The van der Waals surface area contributed by atoms with Crippen LogP contribution in [0.4, 0.5) is 0 Å². The van der Waals surface area contributed by atoms with Gasteiger partial charge in [-0.2, -0.15) is 0 Å². The Balaban J connectivity index is 1.74. The molecule has 7 heteroatoms. The summed E-state index contributed by atoms with van der Waals surface area (Å²) in [5.74, 6) is 1.45. The molecule has 0 aliphatic carbocycles. The molecule has 3 heterocycles. The van der Waals surface area contributed by atoms with E-state index in [1.807, 2.05) is 6.07 Å². The number of carbonyl (C=O) groups is 1. The van der Waals surface area contributed by atoms with Gasteiger partial charge in [-0.05, 0) is 31.4 Å². The number of ether oxygens (including phenoxy) is 4. The quantitative estimate of drug-likeness (QED) is 0.680. The maximum Gasteiger partial charge on any atom is 0.337 e. The highest BCUT2D eigenvalue weighted by Gasteiger charge is 2.42. The zero-order valence-corrected chi connectivity index (χ0v) is 18.9. The minimum absolute atomic E-state index is 0.0539. The normalized spacial score (nSPS) is 25.4. The fourth-order valence-corrected chi connectivity index (χ4v) is 5.10. The molecule has 31 heavy (non-hydrogen) atoms. The number of piperidine rings is 1. The fraction of sp³-hybridized carbons (Fsp3) is 0.542. The number of rotatable bonds is 6. The number of esters is 1. The first kappa shape index (κ1) is 21.6. The number of fused-ring (bicyclic) bond motifs is 2. The number of nitrogens with one attached hydrogen (secondary N) is 2. The van der Waals surface area contributed by atoms with Crippen LogP contribution in [-0.2, 0) is 20.7 Å². The molecule has 7 nitrogen and oxygen atoms in total. The highest BCUT2D eigenvalue weighted by Crippen LogP contribution is 2.43. The standard InChI is InChI=1S/C24H32N2O5/c1-6-7-14-16-9-21(28-3)22(29-4)10-19(16)26-23(14)20-8-15-17(11-25-20)13(2)31-12-18(15)24(27)30-5/h9-10,12-13,15,17,20,25-26H,6-8,11H2,1-5H3/t13-,15?,17+,20?/m0/s1. The van der Waals surface area contributed by atoms with Gasteiger partial charge in [0.15, 0.2) is 11.5 Å². The predicted molar refractivity (Wildman–Crippen MR) is 118 cm³/mol. The van der Waals surface area contributed by atoms with Crippen molar-refractivity contribution >= 4 is 16.9 Å². The number of methoxy groups -OCH3 is 3. The molecule has 168 valence electrons. The summed E-state index contributed by atoms with van der Waals surface area (Å²) in [5.41, 5.74) is 4.13. The van der Waals surface area contributed by atoms with Gasteiger partial charge in [0.1, 0.15) is 0 Å². The molecule has 1 saturated heterocycles. The van der Waals surface area contributed by atoms with Crippen molar-refractivity contribution < 1.29 is 23.7 Å². The lowest BCUT2D eigenvalue weighted by molar-refractivity contribution is -0.138. The third-order valence-electron chi connectivity index (χ3n) is 6.73. The lowest BCUT2D eigenvalue weighted by Gasteiger charge is -2.42. The second kappa shape index (κ2) is 8.83. The Hall–Kier alpha value is -2.67. The van der Waals surface area contributed by atoms with E-state index in [-0.39, 0.29) is 30.0 Å². The molecule has 2 unspecified atom stereocenters. The highest BCUT2D eigenvalue weighted by molar-refractivity contribution is 5.89. The van der Waals surface area contributed by atoms with Crippen LogP contribution in [0, 0.1) is 11.8 Å². The fourth-order valence-electron chi connectivity index (χ4n) is 5.10. The molecule has 4 rings (SSSR count). The Bertz CT molecular complexity index is 996. The molecule has 0 amide bonds. The number of hydrogen-bond donors (Lipinski definition) is 2. The van der Waals surface area contributed by atoms with Crippen LogP contribution < -0.4 is 14.8 Å². The van der Waals surface area contributed by atoms with Crippen molar-refractivity contribution in [1.82, 2.24) is 10.3 Å². The molecular weight excluding hydrogens is 396 g/mol. The first-order valence-electron chi connectivity index (χ1n) is 11.0. The third kappa shape index (κ3) is 3.76. The first-order valence-corrected chi connectivity index (χ1v) is 11.0. The number of hydrogen-bond acceptors (Lipinski definition) is 6.